The van der Waals surface area contributed by atoms with Crippen LogP contribution in [0.1, 0.15) is 27.1 Å². The van der Waals surface area contributed by atoms with Gasteiger partial charge in [-0.1, -0.05) is 24.3 Å². The molecule has 1 atom stereocenters. The summed E-state index contributed by atoms with van der Waals surface area (Å²) in [5.41, 5.74) is 9.53. The topological polar surface area (TPSA) is 80.7 Å². The lowest BCUT2D eigenvalue weighted by atomic mass is 9.81. The number of nitrogens with two attached hydrogens (primary N) is 1. The van der Waals surface area contributed by atoms with Crippen LogP contribution in [-0.4, -0.2) is 46.5 Å². The number of aromatic nitrogens is 2. The van der Waals surface area contributed by atoms with Gasteiger partial charge in [-0.2, -0.15) is 0 Å². The van der Waals surface area contributed by atoms with Gasteiger partial charge in [0.25, 0.3) is 0 Å². The molecule has 0 fully saturated rings. The van der Waals surface area contributed by atoms with E-state index in [9.17, 15) is 9.59 Å². The van der Waals surface area contributed by atoms with Crippen LogP contribution in [0.2, 0.25) is 0 Å². The molecule has 2 aromatic carbocycles. The van der Waals surface area contributed by atoms with Crippen molar-refractivity contribution in [1.29, 1.82) is 0 Å². The van der Waals surface area contributed by atoms with E-state index in [0.29, 0.717) is 35.3 Å². The van der Waals surface area contributed by atoms with Crippen LogP contribution < -0.4 is 5.73 Å². The number of nitrogens with zero attached hydrogens (tertiary/aromatic N) is 3. The second-order valence-electron chi connectivity index (χ2n) is 7.68. The number of anilines is 1. The molecule has 1 unspecified atom stereocenters. The molecule has 0 aliphatic heterocycles. The van der Waals surface area contributed by atoms with Crippen LogP contribution in [0.15, 0.2) is 42.9 Å². The number of benzene rings is 2. The Kier molecular flexibility index (Phi) is 3.54. The summed E-state index contributed by atoms with van der Waals surface area (Å²) in [4.78, 5) is 32.9. The third-order valence-corrected chi connectivity index (χ3v) is 5.69. The molecule has 140 valence electrons. The summed E-state index contributed by atoms with van der Waals surface area (Å²) >= 11 is 0. The van der Waals surface area contributed by atoms with Gasteiger partial charge in [0.05, 0.1) is 34.4 Å². The molecule has 0 radical (unpaired) electrons. The quantitative estimate of drug-likeness (QED) is 0.441. The van der Waals surface area contributed by atoms with E-state index in [1.54, 1.807) is 12.5 Å². The molecular weight excluding hydrogens is 352 g/mol. The Labute approximate surface area is 161 Å². The van der Waals surface area contributed by atoms with E-state index in [2.05, 4.69) is 4.98 Å². The minimum Gasteiger partial charge on any atom is -0.398 e. The number of rotatable bonds is 3. The first-order chi connectivity index (χ1) is 13.5. The maximum absolute atomic E-state index is 13.5. The fraction of sp³-hybridized carbons (Fsp3) is 0.227. The van der Waals surface area contributed by atoms with Crippen LogP contribution in [0.5, 0.6) is 0 Å². The molecule has 2 N–H and O–H groups in total. The van der Waals surface area contributed by atoms with Gasteiger partial charge in [-0.15, -0.1) is 0 Å². The Morgan fingerprint density at radius 1 is 1.14 bits per heavy atom. The van der Waals surface area contributed by atoms with Gasteiger partial charge in [0, 0.05) is 22.7 Å². The highest BCUT2D eigenvalue weighted by Crippen LogP contribution is 2.41. The molecular formula is C22H20N4O2. The maximum atomic E-state index is 13.5. The van der Waals surface area contributed by atoms with E-state index in [1.807, 2.05) is 53.7 Å². The van der Waals surface area contributed by atoms with Crippen molar-refractivity contribution in [2.75, 3.05) is 26.4 Å². The zero-order valence-electron chi connectivity index (χ0n) is 15.8. The van der Waals surface area contributed by atoms with Gasteiger partial charge < -0.3 is 10.6 Å². The highest BCUT2D eigenvalue weighted by molar-refractivity contribution is 6.33. The average Bonchev–Trinajstić information content (AvgIpc) is 3.02. The monoisotopic (exact) mass is 372 g/mol. The average molecular weight is 372 g/mol. The van der Waals surface area contributed by atoms with Crippen molar-refractivity contribution in [2.45, 2.75) is 6.42 Å². The van der Waals surface area contributed by atoms with E-state index in [0.717, 1.165) is 21.7 Å². The third-order valence-electron chi connectivity index (χ3n) is 5.69. The summed E-state index contributed by atoms with van der Waals surface area (Å²) < 4.78 is 1.83. The fourth-order valence-corrected chi connectivity index (χ4v) is 4.37. The number of hydrogen-bond donors (Lipinski definition) is 1. The van der Waals surface area contributed by atoms with E-state index in [-0.39, 0.29) is 11.6 Å². The maximum Gasteiger partial charge on any atom is 0.177 e. The first-order valence-electron chi connectivity index (χ1n) is 9.31. The number of carbonyl (C=O) groups is 2. The molecule has 2 aromatic heterocycles. The fourth-order valence-electron chi connectivity index (χ4n) is 4.37. The lowest BCUT2D eigenvalue weighted by Gasteiger charge is -2.22. The van der Waals surface area contributed by atoms with Crippen LogP contribution in [0.4, 0.5) is 5.69 Å². The normalized spacial score (nSPS) is 16.8. The number of carbonyl (C=O) groups excluding carboxylic acids is 2. The summed E-state index contributed by atoms with van der Waals surface area (Å²) in [6, 6.07) is 9.69. The lowest BCUT2D eigenvalue weighted by Crippen LogP contribution is -2.32. The highest BCUT2D eigenvalue weighted by atomic mass is 16.2. The van der Waals surface area contributed by atoms with E-state index in [1.165, 1.54) is 0 Å². The van der Waals surface area contributed by atoms with Crippen molar-refractivity contribution in [1.82, 2.24) is 14.3 Å². The van der Waals surface area contributed by atoms with Crippen molar-refractivity contribution in [3.05, 3.63) is 54.0 Å². The van der Waals surface area contributed by atoms with Crippen LogP contribution in [-0.2, 0) is 0 Å². The van der Waals surface area contributed by atoms with Gasteiger partial charge in [-0.05, 0) is 38.5 Å². The van der Waals surface area contributed by atoms with E-state index < -0.39 is 5.92 Å². The number of nitrogen functional groups attached to an aromatic ring is 1. The van der Waals surface area contributed by atoms with Crippen LogP contribution in [0, 0.1) is 5.92 Å². The standard InChI is InChI=1S/C22H20N4O2/c1-25(2)8-7-14-21(27)15-10-24-11-26-17-9-16(23)12-5-3-4-6-13(12)18(17)19(20(15)26)22(14)28/h3-6,9-11,14H,7-8,23H2,1-2H3. The third kappa shape index (κ3) is 2.15. The van der Waals surface area contributed by atoms with Gasteiger partial charge in [-0.25, -0.2) is 4.98 Å². The predicted octanol–water partition coefficient (Wildman–Crippen LogP) is 3.17. The Balaban J connectivity index is 1.91. The SMILES string of the molecule is CN(C)CCC1C(=O)c2cncn3c2c(c2c4ccccc4c(N)cc23)C1=O. The number of hydrogen-bond acceptors (Lipinski definition) is 5. The van der Waals surface area contributed by atoms with Crippen molar-refractivity contribution < 1.29 is 9.59 Å². The van der Waals surface area contributed by atoms with Crippen molar-refractivity contribution in [2.24, 2.45) is 5.92 Å². The van der Waals surface area contributed by atoms with Gasteiger partial charge in [0.15, 0.2) is 11.6 Å². The molecule has 28 heavy (non-hydrogen) atoms. The van der Waals surface area contributed by atoms with Gasteiger partial charge in [0.2, 0.25) is 0 Å². The summed E-state index contributed by atoms with van der Waals surface area (Å²) in [6.07, 6.45) is 3.73. The number of Topliss-reactive ketones (excluding diaryl/α,β-unsaturated/α-hetero) is 2. The zero-order chi connectivity index (χ0) is 19.6. The van der Waals surface area contributed by atoms with Crippen LogP contribution >= 0.6 is 0 Å². The van der Waals surface area contributed by atoms with Gasteiger partial charge in [0.1, 0.15) is 0 Å². The van der Waals surface area contributed by atoms with E-state index >= 15 is 0 Å². The molecule has 5 rings (SSSR count). The Bertz CT molecular complexity index is 1300. The molecule has 1 aliphatic rings. The molecule has 0 saturated heterocycles. The first kappa shape index (κ1) is 16.9. The van der Waals surface area contributed by atoms with Gasteiger partial charge >= 0.3 is 0 Å². The van der Waals surface area contributed by atoms with Gasteiger partial charge in [-0.3, -0.25) is 14.0 Å². The number of fused-ring (bicyclic) bond motifs is 5. The lowest BCUT2D eigenvalue weighted by molar-refractivity contribution is 0.0788. The van der Waals surface area contributed by atoms with Crippen molar-refractivity contribution in [3.63, 3.8) is 0 Å². The summed E-state index contributed by atoms with van der Waals surface area (Å²) in [7, 11) is 3.88. The number of ketones is 2. The molecule has 6 nitrogen and oxygen atoms in total. The van der Waals surface area contributed by atoms with Crippen LogP contribution in [0.25, 0.3) is 27.2 Å². The molecule has 0 amide bonds. The minimum atomic E-state index is -0.676. The molecule has 1 aliphatic carbocycles. The second kappa shape index (κ2) is 5.87. The Hall–Kier alpha value is -3.25. The molecule has 0 bridgehead atoms. The Morgan fingerprint density at radius 3 is 2.64 bits per heavy atom. The highest BCUT2D eigenvalue weighted by Gasteiger charge is 2.39. The summed E-state index contributed by atoms with van der Waals surface area (Å²) in [6.45, 7) is 0.667. The second-order valence-corrected chi connectivity index (χ2v) is 7.68. The van der Waals surface area contributed by atoms with Crippen molar-refractivity contribution >= 4 is 44.4 Å². The van der Waals surface area contributed by atoms with E-state index in [4.69, 9.17) is 5.73 Å². The Morgan fingerprint density at radius 2 is 1.89 bits per heavy atom. The smallest absolute Gasteiger partial charge is 0.177 e. The zero-order valence-corrected chi connectivity index (χ0v) is 15.8. The first-order valence-corrected chi connectivity index (χ1v) is 9.31. The minimum absolute atomic E-state index is 0.104. The molecule has 0 spiro atoms. The van der Waals surface area contributed by atoms with Crippen molar-refractivity contribution in [3.8, 4) is 0 Å². The molecule has 0 saturated carbocycles. The molecule has 4 aromatic rings. The molecule has 2 heterocycles. The predicted molar refractivity (Wildman–Crippen MR) is 110 cm³/mol. The summed E-state index contributed by atoms with van der Waals surface area (Å²) in [5.74, 6) is -0.921. The largest absolute Gasteiger partial charge is 0.398 e. The molecule has 6 heteroatoms. The summed E-state index contributed by atoms with van der Waals surface area (Å²) in [5, 5.41) is 2.69. The van der Waals surface area contributed by atoms with Crippen LogP contribution in [0.3, 0.4) is 0 Å².